The highest BCUT2D eigenvalue weighted by Crippen LogP contribution is 2.47. The highest BCUT2D eigenvalue weighted by Gasteiger charge is 2.60. The van der Waals surface area contributed by atoms with Gasteiger partial charge in [-0.3, -0.25) is 9.63 Å². The molecule has 8 heteroatoms. The first-order valence-electron chi connectivity index (χ1n) is 11.8. The molecule has 0 saturated carbocycles. The van der Waals surface area contributed by atoms with Gasteiger partial charge in [0.2, 0.25) is 8.32 Å². The molecule has 0 aromatic rings. The number of rotatable bonds is 9. The predicted octanol–water partition coefficient (Wildman–Crippen LogP) is 4.45. The molecule has 2 aliphatic rings. The molecule has 0 radical (unpaired) electrons. The first kappa shape index (κ1) is 26.3. The van der Waals surface area contributed by atoms with E-state index in [2.05, 4.69) is 41.5 Å². The summed E-state index contributed by atoms with van der Waals surface area (Å²) in [5, 5.41) is 1.77. The van der Waals surface area contributed by atoms with Crippen LogP contribution in [0.15, 0.2) is 0 Å². The minimum absolute atomic E-state index is 0.180. The van der Waals surface area contributed by atoms with Crippen LogP contribution in [0.25, 0.3) is 0 Å². The van der Waals surface area contributed by atoms with E-state index in [1.807, 2.05) is 13.8 Å². The zero-order valence-electron chi connectivity index (χ0n) is 21.0. The average Bonchev–Trinajstić information content (AvgIpc) is 3.16. The van der Waals surface area contributed by atoms with E-state index < -0.39 is 32.3 Å². The van der Waals surface area contributed by atoms with Crippen molar-refractivity contribution in [3.63, 3.8) is 0 Å². The number of hydrogen-bond acceptors (Lipinski definition) is 7. The summed E-state index contributed by atoms with van der Waals surface area (Å²) in [5.74, 6) is -1.71. The molecule has 0 aromatic carbocycles. The molecule has 0 unspecified atom stereocenters. The molecule has 2 fully saturated rings. The molecule has 0 aromatic heterocycles. The van der Waals surface area contributed by atoms with E-state index in [0.29, 0.717) is 23.2 Å². The van der Waals surface area contributed by atoms with E-state index in [4.69, 9.17) is 18.7 Å². The summed E-state index contributed by atoms with van der Waals surface area (Å²) < 4.78 is 18.0. The molecule has 180 valence electrons. The largest absolute Gasteiger partial charge is 0.463 e. The lowest BCUT2D eigenvalue weighted by molar-refractivity contribution is -0.190. The summed E-state index contributed by atoms with van der Waals surface area (Å²) in [6.45, 7) is 21.3. The summed E-state index contributed by atoms with van der Waals surface area (Å²) in [4.78, 5) is 31.9. The Morgan fingerprint density at radius 2 is 1.32 bits per heavy atom. The lowest BCUT2D eigenvalue weighted by Crippen LogP contribution is -2.54. The van der Waals surface area contributed by atoms with Gasteiger partial charge in [0.25, 0.3) is 0 Å². The maximum atomic E-state index is 13.1. The Morgan fingerprint density at radius 3 is 1.77 bits per heavy atom. The van der Waals surface area contributed by atoms with Crippen LogP contribution in [0.4, 0.5) is 0 Å². The smallest absolute Gasteiger partial charge is 0.338 e. The van der Waals surface area contributed by atoms with Crippen molar-refractivity contribution >= 4 is 20.3 Å². The normalized spacial score (nSPS) is 27.1. The average molecular weight is 458 g/mol. The third-order valence-corrected chi connectivity index (χ3v) is 12.7. The molecule has 0 amide bonds. The van der Waals surface area contributed by atoms with Crippen LogP contribution in [0.5, 0.6) is 0 Å². The number of carbonyl (C=O) groups excluding carboxylic acids is 2. The number of hydroxylamine groups is 2. The van der Waals surface area contributed by atoms with Crippen molar-refractivity contribution in [1.29, 1.82) is 0 Å². The van der Waals surface area contributed by atoms with Gasteiger partial charge in [0.05, 0.1) is 24.4 Å². The number of carbonyl (C=O) groups is 2. The van der Waals surface area contributed by atoms with Gasteiger partial charge in [-0.1, -0.05) is 41.5 Å². The zero-order chi connectivity index (χ0) is 23.7. The quantitative estimate of drug-likeness (QED) is 0.374. The lowest BCUT2D eigenvalue weighted by atomic mass is 9.92. The topological polar surface area (TPSA) is 74.3 Å². The fourth-order valence-electron chi connectivity index (χ4n) is 5.55. The van der Waals surface area contributed by atoms with Crippen molar-refractivity contribution in [2.45, 2.75) is 123 Å². The van der Waals surface area contributed by atoms with Crippen molar-refractivity contribution in [2.75, 3.05) is 6.54 Å². The number of nitrogens with zero attached hydrogens (tertiary/aromatic N) is 1. The molecule has 2 saturated heterocycles. The molecule has 0 spiro atoms. The molecule has 2 rings (SSSR count). The Morgan fingerprint density at radius 1 is 0.839 bits per heavy atom. The second-order valence-electron chi connectivity index (χ2n) is 10.4. The molecule has 0 bridgehead atoms. The van der Waals surface area contributed by atoms with Crippen LogP contribution in [0.2, 0.25) is 16.6 Å². The van der Waals surface area contributed by atoms with Crippen LogP contribution in [0, 0.1) is 5.92 Å². The second kappa shape index (κ2) is 10.3. The van der Waals surface area contributed by atoms with Gasteiger partial charge in [-0.05, 0) is 50.7 Å². The van der Waals surface area contributed by atoms with Crippen LogP contribution < -0.4 is 0 Å². The van der Waals surface area contributed by atoms with Crippen molar-refractivity contribution in [3.8, 4) is 0 Å². The maximum Gasteiger partial charge on any atom is 0.338 e. The molecule has 2 heterocycles. The number of ether oxygens (including phenoxy) is 2. The zero-order valence-corrected chi connectivity index (χ0v) is 22.0. The minimum atomic E-state index is -2.17. The molecular formula is C23H43NO6Si. The SMILES string of the molecule is CC(C)OC(=O)[C@@H]1[C@@H]2[C@@H](O[Si](C(C)C)(C(C)C)C(C)C)CCN2O[C@@H]1C(=O)OC(C)C. The second-order valence-corrected chi connectivity index (χ2v) is 15.8. The first-order chi connectivity index (χ1) is 14.3. The Labute approximate surface area is 189 Å². The van der Waals surface area contributed by atoms with Crippen molar-refractivity contribution in [3.05, 3.63) is 0 Å². The van der Waals surface area contributed by atoms with Gasteiger partial charge < -0.3 is 13.9 Å². The number of hydrogen-bond donors (Lipinski definition) is 0. The van der Waals surface area contributed by atoms with Crippen LogP contribution in [0.1, 0.15) is 75.7 Å². The highest BCUT2D eigenvalue weighted by atomic mass is 28.4. The standard InChI is InChI=1S/C23H43NO6Si/c1-13(2)27-22(25)19-20-18(30-31(15(5)6,16(7)8)17(9)10)11-12-24(20)29-21(19)23(26)28-14(3)4/h13-21H,11-12H2,1-10H3/t18-,19+,20-,21-/m0/s1. The first-order valence-corrected chi connectivity index (χ1v) is 14.0. The van der Waals surface area contributed by atoms with Crippen LogP contribution in [0.3, 0.4) is 0 Å². The van der Waals surface area contributed by atoms with Crippen molar-refractivity contribution in [2.24, 2.45) is 5.92 Å². The molecule has 2 aliphatic heterocycles. The van der Waals surface area contributed by atoms with Gasteiger partial charge >= 0.3 is 11.9 Å². The summed E-state index contributed by atoms with van der Waals surface area (Å²) >= 11 is 0. The van der Waals surface area contributed by atoms with Gasteiger partial charge in [0.1, 0.15) is 5.92 Å². The van der Waals surface area contributed by atoms with Gasteiger partial charge in [-0.2, -0.15) is 5.06 Å². The number of esters is 2. The Balaban J connectivity index is 2.39. The summed E-state index contributed by atoms with van der Waals surface area (Å²) in [6, 6.07) is -0.348. The third-order valence-electron chi connectivity index (χ3n) is 6.56. The molecule has 0 aliphatic carbocycles. The van der Waals surface area contributed by atoms with Crippen LogP contribution in [-0.4, -0.2) is 62.3 Å². The highest BCUT2D eigenvalue weighted by molar-refractivity contribution is 6.77. The van der Waals surface area contributed by atoms with Crippen LogP contribution in [-0.2, 0) is 28.3 Å². The summed E-state index contributed by atoms with van der Waals surface area (Å²) in [5.41, 5.74) is 1.27. The van der Waals surface area contributed by atoms with E-state index in [9.17, 15) is 9.59 Å². The molecule has 31 heavy (non-hydrogen) atoms. The predicted molar refractivity (Wildman–Crippen MR) is 122 cm³/mol. The summed E-state index contributed by atoms with van der Waals surface area (Å²) in [6.07, 6.45) is -0.982. The van der Waals surface area contributed by atoms with Gasteiger partial charge in [0.15, 0.2) is 6.10 Å². The maximum absolute atomic E-state index is 13.1. The monoisotopic (exact) mass is 457 g/mol. The lowest BCUT2D eigenvalue weighted by Gasteiger charge is -2.45. The van der Waals surface area contributed by atoms with Crippen molar-refractivity contribution in [1.82, 2.24) is 5.06 Å². The fraction of sp³-hybridized carbons (Fsp3) is 0.913. The number of fused-ring (bicyclic) bond motifs is 1. The van der Waals surface area contributed by atoms with Crippen LogP contribution >= 0.6 is 0 Å². The van der Waals surface area contributed by atoms with Crippen molar-refractivity contribution < 1.29 is 28.3 Å². The fourth-order valence-corrected chi connectivity index (χ4v) is 11.1. The molecule has 0 N–H and O–H groups in total. The minimum Gasteiger partial charge on any atom is -0.463 e. The Kier molecular flexibility index (Phi) is 8.75. The Bertz CT molecular complexity index is 614. The van der Waals surface area contributed by atoms with E-state index >= 15 is 0 Å². The Hall–Kier alpha value is -0.963. The van der Waals surface area contributed by atoms with E-state index in [0.717, 1.165) is 6.42 Å². The van der Waals surface area contributed by atoms with E-state index in [-0.39, 0.29) is 24.4 Å². The third kappa shape index (κ3) is 5.34. The molecular weight excluding hydrogens is 414 g/mol. The molecule has 7 nitrogen and oxygen atoms in total. The summed E-state index contributed by atoms with van der Waals surface area (Å²) in [7, 11) is -2.17. The van der Waals surface area contributed by atoms with Gasteiger partial charge in [0, 0.05) is 6.54 Å². The van der Waals surface area contributed by atoms with E-state index in [1.165, 1.54) is 0 Å². The van der Waals surface area contributed by atoms with Gasteiger partial charge in [-0.15, -0.1) is 0 Å². The van der Waals surface area contributed by atoms with Gasteiger partial charge in [-0.25, -0.2) is 4.79 Å². The molecule has 4 atom stereocenters. The van der Waals surface area contributed by atoms with E-state index in [1.54, 1.807) is 18.9 Å².